The zero-order chi connectivity index (χ0) is 16.8. The molecule has 1 N–H and O–H groups in total. The molecular formula is C16H20N2O4S. The topological polar surface area (TPSA) is 75.7 Å². The molecule has 0 radical (unpaired) electrons. The number of amides is 2. The third kappa shape index (κ3) is 4.48. The molecule has 1 aliphatic rings. The molecule has 0 spiro atoms. The van der Waals surface area contributed by atoms with Crippen molar-refractivity contribution in [2.24, 2.45) is 0 Å². The molecule has 0 bridgehead atoms. The molecule has 6 nitrogen and oxygen atoms in total. The largest absolute Gasteiger partial charge is 0.469 e. The van der Waals surface area contributed by atoms with Crippen LogP contribution in [0, 0.1) is 0 Å². The van der Waals surface area contributed by atoms with E-state index in [0.717, 1.165) is 0 Å². The molecule has 0 aromatic heterocycles. The predicted octanol–water partition coefficient (Wildman–Crippen LogP) is 2.05. The highest BCUT2D eigenvalue weighted by atomic mass is 32.2. The maximum atomic E-state index is 12.6. The number of fused-ring (bicyclic) bond motifs is 1. The highest BCUT2D eigenvalue weighted by Crippen LogP contribution is 2.31. The van der Waals surface area contributed by atoms with Crippen molar-refractivity contribution < 1.29 is 19.1 Å². The Morgan fingerprint density at radius 1 is 1.39 bits per heavy atom. The minimum atomic E-state index is -0.284. The first-order valence-corrected chi connectivity index (χ1v) is 8.54. The van der Waals surface area contributed by atoms with Crippen LogP contribution in [0.25, 0.3) is 0 Å². The lowest BCUT2D eigenvalue weighted by atomic mass is 10.2. The fourth-order valence-electron chi connectivity index (χ4n) is 2.45. The van der Waals surface area contributed by atoms with E-state index in [4.69, 9.17) is 0 Å². The zero-order valence-corrected chi connectivity index (χ0v) is 14.0. The Labute approximate surface area is 139 Å². The molecular weight excluding hydrogens is 316 g/mol. The smallest absolute Gasteiger partial charge is 0.306 e. The number of hydrogen-bond donors (Lipinski definition) is 1. The van der Waals surface area contributed by atoms with Gasteiger partial charge in [-0.25, -0.2) is 0 Å². The lowest BCUT2D eigenvalue weighted by Crippen LogP contribution is -2.40. The number of carbonyl (C=O) groups is 3. The number of para-hydroxylation sites is 2. The van der Waals surface area contributed by atoms with Gasteiger partial charge in [0.1, 0.15) is 0 Å². The number of esters is 1. The Morgan fingerprint density at radius 2 is 2.13 bits per heavy atom. The summed E-state index contributed by atoms with van der Waals surface area (Å²) in [6.45, 7) is 1.86. The lowest BCUT2D eigenvalue weighted by Gasteiger charge is -2.27. The van der Waals surface area contributed by atoms with Gasteiger partial charge in [-0.05, 0) is 19.1 Å². The van der Waals surface area contributed by atoms with Crippen molar-refractivity contribution >= 4 is 40.9 Å². The van der Waals surface area contributed by atoms with Crippen molar-refractivity contribution in [3.63, 3.8) is 0 Å². The zero-order valence-electron chi connectivity index (χ0n) is 13.2. The summed E-state index contributed by atoms with van der Waals surface area (Å²) in [5, 5.41) is 2.83. The maximum absolute atomic E-state index is 12.6. The van der Waals surface area contributed by atoms with Crippen LogP contribution >= 0.6 is 11.8 Å². The molecule has 1 heterocycles. The SMILES string of the molecule is COC(=O)CCSCC(=O)N1c2ccccc2NC(=O)C[C@@H]1C. The summed E-state index contributed by atoms with van der Waals surface area (Å²) < 4.78 is 4.57. The van der Waals surface area contributed by atoms with Crippen molar-refractivity contribution in [1.82, 2.24) is 0 Å². The number of methoxy groups -OCH3 is 1. The van der Waals surface area contributed by atoms with Crippen LogP contribution in [-0.2, 0) is 19.1 Å². The summed E-state index contributed by atoms with van der Waals surface area (Å²) in [6.07, 6.45) is 0.536. The highest BCUT2D eigenvalue weighted by Gasteiger charge is 2.29. The molecule has 1 aromatic carbocycles. The summed E-state index contributed by atoms with van der Waals surface area (Å²) in [6, 6.07) is 7.06. The van der Waals surface area contributed by atoms with Crippen molar-refractivity contribution in [2.45, 2.75) is 25.8 Å². The monoisotopic (exact) mass is 336 g/mol. The molecule has 0 aliphatic carbocycles. The standard InChI is InChI=1S/C16H20N2O4S/c1-11-9-14(19)17-12-5-3-4-6-13(12)18(11)15(20)10-23-8-7-16(21)22-2/h3-6,11H,7-10H2,1-2H3,(H,17,19)/t11-/m0/s1. The molecule has 1 atom stereocenters. The van der Waals surface area contributed by atoms with E-state index in [2.05, 4.69) is 10.1 Å². The van der Waals surface area contributed by atoms with Gasteiger partial charge in [0.15, 0.2) is 0 Å². The fourth-order valence-corrected chi connectivity index (χ4v) is 3.22. The minimum Gasteiger partial charge on any atom is -0.469 e. The van der Waals surface area contributed by atoms with Crippen molar-refractivity contribution in [1.29, 1.82) is 0 Å². The molecule has 23 heavy (non-hydrogen) atoms. The van der Waals surface area contributed by atoms with Gasteiger partial charge in [-0.3, -0.25) is 14.4 Å². The molecule has 1 aliphatic heterocycles. The van der Waals surface area contributed by atoms with Crippen LogP contribution in [0.4, 0.5) is 11.4 Å². The molecule has 7 heteroatoms. The van der Waals surface area contributed by atoms with Gasteiger partial charge in [0.2, 0.25) is 11.8 Å². The van der Waals surface area contributed by atoms with E-state index < -0.39 is 0 Å². The number of hydrogen-bond acceptors (Lipinski definition) is 5. The van der Waals surface area contributed by atoms with E-state index in [9.17, 15) is 14.4 Å². The number of ether oxygens (including phenoxy) is 1. The van der Waals surface area contributed by atoms with Crippen LogP contribution in [0.3, 0.4) is 0 Å². The molecule has 0 saturated carbocycles. The summed E-state index contributed by atoms with van der Waals surface area (Å²) >= 11 is 1.39. The predicted molar refractivity (Wildman–Crippen MR) is 90.6 cm³/mol. The van der Waals surface area contributed by atoms with Gasteiger partial charge in [-0.15, -0.1) is 0 Å². The average molecular weight is 336 g/mol. The Balaban J connectivity index is 2.06. The van der Waals surface area contributed by atoms with Crippen molar-refractivity contribution in [3.8, 4) is 0 Å². The van der Waals surface area contributed by atoms with Crippen molar-refractivity contribution in [2.75, 3.05) is 28.8 Å². The minimum absolute atomic E-state index is 0.0729. The number of thioether (sulfide) groups is 1. The van der Waals surface area contributed by atoms with Crippen LogP contribution in [0.1, 0.15) is 19.8 Å². The summed E-state index contributed by atoms with van der Waals surface area (Å²) in [5.74, 6) is 0.326. The van der Waals surface area contributed by atoms with Gasteiger partial charge in [0.05, 0.1) is 30.7 Å². The van der Waals surface area contributed by atoms with E-state index in [1.54, 1.807) is 11.0 Å². The van der Waals surface area contributed by atoms with Crippen LogP contribution in [0.5, 0.6) is 0 Å². The number of carbonyl (C=O) groups excluding carboxylic acids is 3. The lowest BCUT2D eigenvalue weighted by molar-refractivity contribution is -0.140. The normalized spacial score (nSPS) is 17.0. The van der Waals surface area contributed by atoms with Crippen LogP contribution in [-0.4, -0.2) is 42.4 Å². The van der Waals surface area contributed by atoms with Gasteiger partial charge in [-0.1, -0.05) is 12.1 Å². The summed E-state index contributed by atoms with van der Waals surface area (Å²) in [7, 11) is 1.35. The van der Waals surface area contributed by atoms with E-state index in [1.165, 1.54) is 18.9 Å². The van der Waals surface area contributed by atoms with Gasteiger partial charge in [0, 0.05) is 18.2 Å². The highest BCUT2D eigenvalue weighted by molar-refractivity contribution is 7.99. The first-order valence-electron chi connectivity index (χ1n) is 7.38. The number of rotatable bonds is 5. The third-order valence-corrected chi connectivity index (χ3v) is 4.48. The Morgan fingerprint density at radius 3 is 2.87 bits per heavy atom. The summed E-state index contributed by atoms with van der Waals surface area (Å²) in [5.41, 5.74) is 1.36. The Hall–Kier alpha value is -2.02. The van der Waals surface area contributed by atoms with Crippen LogP contribution < -0.4 is 10.2 Å². The average Bonchev–Trinajstić information content (AvgIpc) is 2.65. The van der Waals surface area contributed by atoms with E-state index >= 15 is 0 Å². The fraction of sp³-hybridized carbons (Fsp3) is 0.438. The van der Waals surface area contributed by atoms with Gasteiger partial charge in [0.25, 0.3) is 0 Å². The molecule has 0 fully saturated rings. The van der Waals surface area contributed by atoms with Gasteiger partial charge < -0.3 is 15.0 Å². The second-order valence-corrected chi connectivity index (χ2v) is 6.37. The van der Waals surface area contributed by atoms with E-state index in [-0.39, 0.29) is 42.4 Å². The molecule has 0 unspecified atom stereocenters. The maximum Gasteiger partial charge on any atom is 0.306 e. The first-order chi connectivity index (χ1) is 11.0. The van der Waals surface area contributed by atoms with Gasteiger partial charge >= 0.3 is 5.97 Å². The first kappa shape index (κ1) is 17.3. The molecule has 2 amide bonds. The molecule has 124 valence electrons. The quantitative estimate of drug-likeness (QED) is 0.658. The third-order valence-electron chi connectivity index (χ3n) is 3.53. The molecule has 2 rings (SSSR count). The van der Waals surface area contributed by atoms with Crippen LogP contribution in [0.15, 0.2) is 24.3 Å². The second-order valence-electron chi connectivity index (χ2n) is 5.26. The van der Waals surface area contributed by atoms with E-state index in [0.29, 0.717) is 17.1 Å². The number of anilines is 2. The molecule has 1 aromatic rings. The molecule has 0 saturated heterocycles. The Kier molecular flexibility index (Phi) is 6.04. The van der Waals surface area contributed by atoms with Gasteiger partial charge in [-0.2, -0.15) is 11.8 Å². The number of benzene rings is 1. The number of nitrogens with zero attached hydrogens (tertiary/aromatic N) is 1. The number of nitrogens with one attached hydrogen (secondary N) is 1. The Bertz CT molecular complexity index is 605. The second kappa shape index (κ2) is 8.01. The van der Waals surface area contributed by atoms with E-state index in [1.807, 2.05) is 25.1 Å². The van der Waals surface area contributed by atoms with Crippen LogP contribution in [0.2, 0.25) is 0 Å². The summed E-state index contributed by atoms with van der Waals surface area (Å²) in [4.78, 5) is 37.2. The van der Waals surface area contributed by atoms with Crippen molar-refractivity contribution in [3.05, 3.63) is 24.3 Å².